The van der Waals surface area contributed by atoms with Gasteiger partial charge in [-0.3, -0.25) is 15.0 Å². The molecule has 1 amide bonds. The smallest absolute Gasteiger partial charge is 0.301 e. The first kappa shape index (κ1) is 25.4. The zero-order valence-electron chi connectivity index (χ0n) is 19.3. The molecule has 1 fully saturated rings. The van der Waals surface area contributed by atoms with Crippen LogP contribution in [0.4, 0.5) is 18.3 Å². The van der Waals surface area contributed by atoms with Gasteiger partial charge in [0, 0.05) is 38.3 Å². The molecule has 178 valence electrons. The first-order valence-electron chi connectivity index (χ1n) is 10.9. The maximum absolute atomic E-state index is 13.8. The van der Waals surface area contributed by atoms with Crippen LogP contribution in [0.1, 0.15) is 33.3 Å². The van der Waals surface area contributed by atoms with Gasteiger partial charge in [0.2, 0.25) is 0 Å². The summed E-state index contributed by atoms with van der Waals surface area (Å²) in [5.74, 6) is 2.44. The molecule has 0 saturated carbocycles. The van der Waals surface area contributed by atoms with Gasteiger partial charge < -0.3 is 4.90 Å². The zero-order valence-corrected chi connectivity index (χ0v) is 21.2. The summed E-state index contributed by atoms with van der Waals surface area (Å²) in [4.78, 5) is 21.8. The van der Waals surface area contributed by atoms with Gasteiger partial charge in [0.25, 0.3) is 5.91 Å². The van der Waals surface area contributed by atoms with Crippen molar-refractivity contribution in [3.05, 3.63) is 46.0 Å². The van der Waals surface area contributed by atoms with Gasteiger partial charge in [-0.25, -0.2) is 4.98 Å². The molecule has 1 N–H and O–H groups in total. The van der Waals surface area contributed by atoms with Gasteiger partial charge in [-0.15, -0.1) is 5.54 Å². The lowest BCUT2D eigenvalue weighted by Gasteiger charge is -2.34. The lowest BCUT2D eigenvalue weighted by molar-refractivity contribution is -0.138. The number of halogens is 3. The molecule has 0 atom stereocenters. The van der Waals surface area contributed by atoms with E-state index >= 15 is 0 Å². The van der Waals surface area contributed by atoms with Crippen molar-refractivity contribution in [3.63, 3.8) is 0 Å². The summed E-state index contributed by atoms with van der Waals surface area (Å²) in [5.41, 5.74) is 2.58. The van der Waals surface area contributed by atoms with Crippen LogP contribution in [0.15, 0.2) is 24.4 Å². The highest BCUT2D eigenvalue weighted by molar-refractivity contribution is 7.16. The van der Waals surface area contributed by atoms with Crippen LogP contribution in [0.5, 0.6) is 0 Å². The zero-order chi connectivity index (χ0) is 24.2. The van der Waals surface area contributed by atoms with E-state index in [1.54, 1.807) is 6.20 Å². The number of thiazole rings is 1. The molecule has 0 spiro atoms. The van der Waals surface area contributed by atoms with Crippen LogP contribution in [-0.2, 0) is 12.7 Å². The van der Waals surface area contributed by atoms with Gasteiger partial charge in [-0.05, 0) is 24.2 Å². The topological polar surface area (TPSA) is 48.5 Å². The van der Waals surface area contributed by atoms with Gasteiger partial charge in [0.1, 0.15) is 8.07 Å². The molecule has 2 heterocycles. The molecule has 0 bridgehead atoms. The molecule has 2 aromatic rings. The third kappa shape index (κ3) is 7.40. The fourth-order valence-corrected chi connectivity index (χ4v) is 4.70. The van der Waals surface area contributed by atoms with E-state index in [9.17, 15) is 18.0 Å². The molecule has 3 rings (SSSR count). The number of rotatable bonds is 5. The third-order valence-electron chi connectivity index (χ3n) is 5.27. The Balaban J connectivity index is 1.74. The molecule has 5 nitrogen and oxygen atoms in total. The van der Waals surface area contributed by atoms with E-state index < -0.39 is 25.7 Å². The first-order chi connectivity index (χ1) is 15.4. The van der Waals surface area contributed by atoms with Crippen molar-refractivity contribution in [2.24, 2.45) is 0 Å². The van der Waals surface area contributed by atoms with E-state index in [0.29, 0.717) is 10.0 Å². The highest BCUT2D eigenvalue weighted by Gasteiger charge is 2.34. The van der Waals surface area contributed by atoms with Gasteiger partial charge in [0.15, 0.2) is 5.13 Å². The number of nitrogens with zero attached hydrogens (tertiary/aromatic N) is 3. The molecule has 0 unspecified atom stereocenters. The third-order valence-corrected chi connectivity index (χ3v) is 6.97. The number of anilines is 1. The summed E-state index contributed by atoms with van der Waals surface area (Å²) in [5, 5.41) is 2.91. The minimum Gasteiger partial charge on any atom is -0.301 e. The second kappa shape index (κ2) is 10.4. The van der Waals surface area contributed by atoms with E-state index in [2.05, 4.69) is 53.2 Å². The average molecular weight is 495 g/mol. The van der Waals surface area contributed by atoms with Crippen molar-refractivity contribution in [2.45, 2.75) is 39.3 Å². The lowest BCUT2D eigenvalue weighted by atomic mass is 10.0. The lowest BCUT2D eigenvalue weighted by Crippen LogP contribution is -2.45. The van der Waals surface area contributed by atoms with E-state index in [1.807, 2.05) is 4.90 Å². The standard InChI is InChI=1S/C23H29F3N4OSSi/c1-5-29-9-11-30(12-10-29)16-18-7-6-17(14-20(18)23(24,25)26)21(31)28-22-27-15-19(32-22)8-13-33(2,3)4/h6-7,14-15H,5,9-12,16H2,1-4H3,(H,27,28,31). The van der Waals surface area contributed by atoms with Gasteiger partial charge in [-0.1, -0.05) is 49.9 Å². The normalized spacial score (nSPS) is 15.7. The van der Waals surface area contributed by atoms with Crippen LogP contribution in [-0.4, -0.2) is 61.5 Å². The predicted molar refractivity (Wildman–Crippen MR) is 129 cm³/mol. The van der Waals surface area contributed by atoms with E-state index in [0.717, 1.165) is 38.8 Å². The number of nitrogens with one attached hydrogen (secondary N) is 1. The minimum absolute atomic E-state index is 0.0492. The van der Waals surface area contributed by atoms with Crippen LogP contribution >= 0.6 is 11.3 Å². The predicted octanol–water partition coefficient (Wildman–Crippen LogP) is 4.78. The monoisotopic (exact) mass is 494 g/mol. The maximum atomic E-state index is 13.8. The Labute approximate surface area is 198 Å². The summed E-state index contributed by atoms with van der Waals surface area (Å²) in [6, 6.07) is 3.80. The highest BCUT2D eigenvalue weighted by atomic mass is 32.1. The Morgan fingerprint density at radius 2 is 1.85 bits per heavy atom. The largest absolute Gasteiger partial charge is 0.416 e. The Morgan fingerprint density at radius 1 is 1.18 bits per heavy atom. The summed E-state index contributed by atoms with van der Waals surface area (Å²) >= 11 is 1.21. The van der Waals surface area contributed by atoms with Crippen LogP contribution in [0.25, 0.3) is 0 Å². The number of hydrogen-bond acceptors (Lipinski definition) is 5. The molecule has 1 aromatic heterocycles. The number of aromatic nitrogens is 1. The molecule has 10 heteroatoms. The van der Waals surface area contributed by atoms with E-state index in [4.69, 9.17) is 0 Å². The Bertz CT molecular complexity index is 1040. The van der Waals surface area contributed by atoms with Crippen LogP contribution in [0.3, 0.4) is 0 Å². The second-order valence-electron chi connectivity index (χ2n) is 9.06. The minimum atomic E-state index is -4.54. The molecule has 0 radical (unpaired) electrons. The number of benzene rings is 1. The van der Waals surface area contributed by atoms with Gasteiger partial charge in [-0.2, -0.15) is 13.2 Å². The van der Waals surface area contributed by atoms with E-state index in [-0.39, 0.29) is 17.7 Å². The SMILES string of the molecule is CCN1CCN(Cc2ccc(C(=O)Nc3ncc(C#C[Si](C)(C)C)s3)cc2C(F)(F)F)CC1. The first-order valence-corrected chi connectivity index (χ1v) is 15.2. The average Bonchev–Trinajstić information content (AvgIpc) is 3.19. The van der Waals surface area contributed by atoms with E-state index in [1.165, 1.54) is 23.5 Å². The van der Waals surface area contributed by atoms with Crippen LogP contribution in [0.2, 0.25) is 19.6 Å². The molecule has 1 aliphatic heterocycles. The summed E-state index contributed by atoms with van der Waals surface area (Å²) < 4.78 is 41.4. The van der Waals surface area contributed by atoms with Crippen LogP contribution < -0.4 is 5.32 Å². The van der Waals surface area contributed by atoms with Crippen molar-refractivity contribution in [1.29, 1.82) is 0 Å². The fourth-order valence-electron chi connectivity index (χ4n) is 3.43. The van der Waals surface area contributed by atoms with Gasteiger partial charge in [0.05, 0.1) is 16.6 Å². The van der Waals surface area contributed by atoms with Crippen molar-refractivity contribution < 1.29 is 18.0 Å². The molecule has 1 saturated heterocycles. The fraction of sp³-hybridized carbons (Fsp3) is 0.478. The number of carbonyl (C=O) groups is 1. The molecule has 0 aliphatic carbocycles. The summed E-state index contributed by atoms with van der Waals surface area (Å²) in [6.45, 7) is 12.7. The Kier molecular flexibility index (Phi) is 8.00. The van der Waals surface area contributed by atoms with Crippen LogP contribution in [0, 0.1) is 11.5 Å². The summed E-state index contributed by atoms with van der Waals surface area (Å²) in [6.07, 6.45) is -2.98. The number of piperazine rings is 1. The highest BCUT2D eigenvalue weighted by Crippen LogP contribution is 2.34. The maximum Gasteiger partial charge on any atom is 0.416 e. The van der Waals surface area contributed by atoms with Crippen molar-refractivity contribution in [1.82, 2.24) is 14.8 Å². The molecular weight excluding hydrogens is 465 g/mol. The summed E-state index contributed by atoms with van der Waals surface area (Å²) in [7, 11) is -1.55. The number of alkyl halides is 3. The Hall–Kier alpha value is -2.19. The van der Waals surface area contributed by atoms with Gasteiger partial charge >= 0.3 is 6.18 Å². The Morgan fingerprint density at radius 3 is 2.45 bits per heavy atom. The molecule has 1 aromatic carbocycles. The molecular formula is C23H29F3N4OSSi. The van der Waals surface area contributed by atoms with Crippen molar-refractivity contribution in [3.8, 4) is 11.5 Å². The number of amides is 1. The molecule has 1 aliphatic rings. The molecule has 33 heavy (non-hydrogen) atoms. The number of carbonyl (C=O) groups excluding carboxylic acids is 1. The number of hydrogen-bond donors (Lipinski definition) is 1. The number of likely N-dealkylation sites (N-methyl/N-ethyl adjacent to an activating group) is 1. The quantitative estimate of drug-likeness (QED) is 0.480. The van der Waals surface area contributed by atoms with Crippen molar-refractivity contribution >= 4 is 30.4 Å². The second-order valence-corrected chi connectivity index (χ2v) is 14.8. The van der Waals surface area contributed by atoms with Crippen molar-refractivity contribution in [2.75, 3.05) is 38.0 Å².